The number of fused-ring (bicyclic) bond motifs is 6. The molecule has 3 aliphatic rings. The minimum absolute atomic E-state index is 0.0863. The average molecular weight is 496 g/mol. The maximum Gasteiger partial charge on any atom is 0.257 e. The molecular formula is C28H25N5O4. The third kappa shape index (κ3) is 4.63. The number of rotatable bonds is 1. The van der Waals surface area contributed by atoms with E-state index >= 15 is 0 Å². The van der Waals surface area contributed by atoms with Crippen LogP contribution in [-0.2, 0) is 6.42 Å². The fraction of sp³-hybridized carbons (Fsp3) is 0.214. The lowest BCUT2D eigenvalue weighted by Crippen LogP contribution is -2.40. The first-order valence-electron chi connectivity index (χ1n) is 12.2. The molecule has 9 nitrogen and oxygen atoms in total. The van der Waals surface area contributed by atoms with Crippen LogP contribution in [0.3, 0.4) is 0 Å². The van der Waals surface area contributed by atoms with Crippen LogP contribution in [0.1, 0.15) is 49.9 Å². The van der Waals surface area contributed by atoms with Crippen molar-refractivity contribution in [1.82, 2.24) is 25.4 Å². The van der Waals surface area contributed by atoms with Crippen molar-refractivity contribution in [1.29, 1.82) is 0 Å². The summed E-state index contributed by atoms with van der Waals surface area (Å²) in [5.41, 5.74) is 4.02. The molecule has 0 aliphatic carbocycles. The third-order valence-electron chi connectivity index (χ3n) is 6.61. The Bertz CT molecular complexity index is 1450. The number of carbonyl (C=O) groups is 2. The molecule has 9 heteroatoms. The summed E-state index contributed by atoms with van der Waals surface area (Å²) in [5, 5.41) is 9.60. The molecule has 8 bridgehead atoms. The molecule has 0 radical (unpaired) electrons. The van der Waals surface area contributed by atoms with Crippen molar-refractivity contribution < 1.29 is 19.1 Å². The summed E-state index contributed by atoms with van der Waals surface area (Å²) in [7, 11) is 0. The molecule has 2 N–H and O–H groups in total. The van der Waals surface area contributed by atoms with Gasteiger partial charge in [-0.1, -0.05) is 18.2 Å². The van der Waals surface area contributed by atoms with Gasteiger partial charge in [-0.05, 0) is 59.9 Å². The van der Waals surface area contributed by atoms with E-state index in [0.29, 0.717) is 60.9 Å². The Kier molecular flexibility index (Phi) is 6.02. The smallest absolute Gasteiger partial charge is 0.257 e. The molecule has 1 unspecified atom stereocenters. The average Bonchev–Trinajstić information content (AvgIpc) is 3.47. The summed E-state index contributed by atoms with van der Waals surface area (Å²) < 4.78 is 12.1. The van der Waals surface area contributed by atoms with Crippen molar-refractivity contribution in [3.05, 3.63) is 101 Å². The van der Waals surface area contributed by atoms with Gasteiger partial charge in [0.1, 0.15) is 17.2 Å². The molecule has 37 heavy (non-hydrogen) atoms. The summed E-state index contributed by atoms with van der Waals surface area (Å²) in [6, 6.07) is 15.1. The number of H-pyrrole nitrogens is 1. The van der Waals surface area contributed by atoms with E-state index in [1.165, 1.54) is 6.20 Å². The van der Waals surface area contributed by atoms with E-state index in [9.17, 15) is 9.59 Å². The second kappa shape index (κ2) is 9.77. The summed E-state index contributed by atoms with van der Waals surface area (Å²) in [4.78, 5) is 32.1. The van der Waals surface area contributed by atoms with Gasteiger partial charge in [-0.3, -0.25) is 19.7 Å². The van der Waals surface area contributed by atoms with Gasteiger partial charge in [0.25, 0.3) is 11.8 Å². The van der Waals surface area contributed by atoms with Crippen molar-refractivity contribution in [2.75, 3.05) is 19.7 Å². The van der Waals surface area contributed by atoms with Gasteiger partial charge in [-0.25, -0.2) is 0 Å². The molecule has 7 rings (SSSR count). The van der Waals surface area contributed by atoms with Gasteiger partial charge in [0.2, 0.25) is 0 Å². The van der Waals surface area contributed by atoms with E-state index in [1.807, 2.05) is 47.4 Å². The SMILES string of the molecule is O=C1NCCCOc2cccc(c2)C2c3ccc(cc3CCN2C(=O)c2cn[nH]c2)Oc2cncc1c2. The normalized spacial score (nSPS) is 17.1. The number of aromatic nitrogens is 3. The predicted molar refractivity (Wildman–Crippen MR) is 135 cm³/mol. The number of carbonyl (C=O) groups excluding carboxylic acids is 2. The number of nitrogens with zero attached hydrogens (tertiary/aromatic N) is 3. The van der Waals surface area contributed by atoms with Crippen molar-refractivity contribution in [2.45, 2.75) is 18.9 Å². The molecule has 4 aromatic rings. The molecule has 2 aromatic heterocycles. The van der Waals surface area contributed by atoms with E-state index in [1.54, 1.807) is 24.7 Å². The molecule has 3 aliphatic heterocycles. The van der Waals surface area contributed by atoms with Gasteiger partial charge in [-0.2, -0.15) is 5.10 Å². The van der Waals surface area contributed by atoms with Crippen LogP contribution < -0.4 is 14.8 Å². The van der Waals surface area contributed by atoms with Crippen LogP contribution in [0.2, 0.25) is 0 Å². The van der Waals surface area contributed by atoms with Crippen LogP contribution in [0, 0.1) is 0 Å². The molecule has 0 spiro atoms. The van der Waals surface area contributed by atoms with Crippen molar-refractivity contribution >= 4 is 11.8 Å². The van der Waals surface area contributed by atoms with E-state index in [4.69, 9.17) is 9.47 Å². The number of hydrogen-bond acceptors (Lipinski definition) is 6. The first kappa shape index (κ1) is 22.8. The second-order valence-corrected chi connectivity index (χ2v) is 9.04. The Morgan fingerprint density at radius 1 is 1.03 bits per heavy atom. The quantitative estimate of drug-likeness (QED) is 0.415. The first-order valence-corrected chi connectivity index (χ1v) is 12.2. The standard InChI is InChI=1S/C28H25N5O4/c34-27-20-13-24(17-29-14-20)37-23-5-6-25-18(11-23)7-9-33(28(35)21-15-31-32-16-21)26(25)19-3-1-4-22(12-19)36-10-2-8-30-27/h1,3-6,11-17,26H,2,7-10H2,(H,30,34)(H,31,32). The van der Waals surface area contributed by atoms with Gasteiger partial charge in [0.15, 0.2) is 0 Å². The molecule has 2 aromatic carbocycles. The Morgan fingerprint density at radius 2 is 1.97 bits per heavy atom. The first-order chi connectivity index (χ1) is 18.2. The third-order valence-corrected chi connectivity index (χ3v) is 6.61. The van der Waals surface area contributed by atoms with Crippen LogP contribution in [0.25, 0.3) is 0 Å². The molecule has 5 heterocycles. The highest BCUT2D eigenvalue weighted by atomic mass is 16.5. The lowest BCUT2D eigenvalue weighted by molar-refractivity contribution is 0.0694. The zero-order chi connectivity index (χ0) is 25.2. The topological polar surface area (TPSA) is 109 Å². The van der Waals surface area contributed by atoms with Crippen LogP contribution >= 0.6 is 0 Å². The van der Waals surface area contributed by atoms with Gasteiger partial charge in [0, 0.05) is 25.5 Å². The molecule has 186 valence electrons. The number of benzene rings is 2. The number of amides is 2. The second-order valence-electron chi connectivity index (χ2n) is 9.04. The van der Waals surface area contributed by atoms with Gasteiger partial charge in [-0.15, -0.1) is 0 Å². The lowest BCUT2D eigenvalue weighted by atomic mass is 9.87. The zero-order valence-electron chi connectivity index (χ0n) is 20.0. The number of hydrogen-bond donors (Lipinski definition) is 2. The highest BCUT2D eigenvalue weighted by Gasteiger charge is 2.33. The Morgan fingerprint density at radius 3 is 2.86 bits per heavy atom. The predicted octanol–water partition coefficient (Wildman–Crippen LogP) is 3.90. The molecule has 1 atom stereocenters. The maximum absolute atomic E-state index is 13.5. The zero-order valence-corrected chi connectivity index (χ0v) is 20.0. The summed E-state index contributed by atoms with van der Waals surface area (Å²) in [6.07, 6.45) is 7.59. The summed E-state index contributed by atoms with van der Waals surface area (Å²) in [6.45, 7) is 1.43. The lowest BCUT2D eigenvalue weighted by Gasteiger charge is -2.38. The van der Waals surface area contributed by atoms with Crippen LogP contribution in [-0.4, -0.2) is 51.6 Å². The van der Waals surface area contributed by atoms with E-state index in [0.717, 1.165) is 16.7 Å². The van der Waals surface area contributed by atoms with E-state index < -0.39 is 0 Å². The van der Waals surface area contributed by atoms with Crippen molar-refractivity contribution in [3.8, 4) is 17.2 Å². The maximum atomic E-state index is 13.5. The molecule has 0 fully saturated rings. The Hall–Kier alpha value is -4.66. The monoisotopic (exact) mass is 495 g/mol. The van der Waals surface area contributed by atoms with Crippen LogP contribution in [0.15, 0.2) is 73.3 Å². The van der Waals surface area contributed by atoms with Crippen molar-refractivity contribution in [2.24, 2.45) is 0 Å². The van der Waals surface area contributed by atoms with Crippen LogP contribution in [0.5, 0.6) is 17.2 Å². The minimum atomic E-state index is -0.299. The molecule has 2 amide bonds. The van der Waals surface area contributed by atoms with Gasteiger partial charge < -0.3 is 19.7 Å². The van der Waals surface area contributed by atoms with Gasteiger partial charge >= 0.3 is 0 Å². The Balaban J connectivity index is 1.43. The largest absolute Gasteiger partial charge is 0.494 e. The fourth-order valence-electron chi connectivity index (χ4n) is 4.85. The molecule has 0 saturated carbocycles. The number of aromatic amines is 1. The van der Waals surface area contributed by atoms with Crippen molar-refractivity contribution in [3.63, 3.8) is 0 Å². The molecule has 0 saturated heterocycles. The van der Waals surface area contributed by atoms with Crippen LogP contribution in [0.4, 0.5) is 0 Å². The van der Waals surface area contributed by atoms with E-state index in [2.05, 4.69) is 20.5 Å². The number of pyridine rings is 1. The van der Waals surface area contributed by atoms with E-state index in [-0.39, 0.29) is 17.9 Å². The van der Waals surface area contributed by atoms with Gasteiger partial charge in [0.05, 0.1) is 36.2 Å². The summed E-state index contributed by atoms with van der Waals surface area (Å²) >= 11 is 0. The highest BCUT2D eigenvalue weighted by molar-refractivity contribution is 5.95. The summed E-state index contributed by atoms with van der Waals surface area (Å²) in [5.74, 6) is 1.54. The fourth-order valence-corrected chi connectivity index (χ4v) is 4.85. The molecular weight excluding hydrogens is 470 g/mol. The Labute approximate surface area is 213 Å². The minimum Gasteiger partial charge on any atom is -0.494 e. The number of ether oxygens (including phenoxy) is 2. The number of nitrogens with one attached hydrogen (secondary N) is 2. The highest BCUT2D eigenvalue weighted by Crippen LogP contribution is 2.39.